The van der Waals surface area contributed by atoms with Crippen LogP contribution in [0, 0.1) is 0 Å². The molecule has 2 amide bonds. The Bertz CT molecular complexity index is 1010. The molecule has 0 saturated heterocycles. The van der Waals surface area contributed by atoms with E-state index in [0.717, 1.165) is 10.4 Å². The fourth-order valence-corrected chi connectivity index (χ4v) is 3.79. The third-order valence-electron chi connectivity index (χ3n) is 4.03. The second-order valence-electron chi connectivity index (χ2n) is 6.15. The van der Waals surface area contributed by atoms with E-state index in [9.17, 15) is 9.59 Å². The highest BCUT2D eigenvalue weighted by Gasteiger charge is 2.19. The number of anilines is 2. The van der Waals surface area contributed by atoms with E-state index in [1.54, 1.807) is 18.2 Å². The van der Waals surface area contributed by atoms with Gasteiger partial charge in [0.15, 0.2) is 0 Å². The van der Waals surface area contributed by atoms with Gasteiger partial charge in [-0.1, -0.05) is 30.3 Å². The number of hydrogen-bond acceptors (Lipinski definition) is 5. The molecule has 0 saturated carbocycles. The molecule has 150 valence electrons. The predicted molar refractivity (Wildman–Crippen MR) is 116 cm³/mol. The summed E-state index contributed by atoms with van der Waals surface area (Å²) < 4.78 is 11.0. The normalized spacial score (nSPS) is 10.3. The highest BCUT2D eigenvalue weighted by Crippen LogP contribution is 2.37. The maximum absolute atomic E-state index is 12.9. The summed E-state index contributed by atoms with van der Waals surface area (Å²) in [6.07, 6.45) is 0. The molecule has 3 rings (SSSR count). The fraction of sp³-hybridized carbons (Fsp3) is 0.182. The minimum absolute atomic E-state index is 0.200. The Morgan fingerprint density at radius 1 is 1.00 bits per heavy atom. The van der Waals surface area contributed by atoms with Gasteiger partial charge in [-0.15, -0.1) is 11.3 Å². The average Bonchev–Trinajstić information content (AvgIpc) is 3.14. The molecular formula is C22H22N2O4S. The van der Waals surface area contributed by atoms with Gasteiger partial charge in [-0.25, -0.2) is 0 Å². The molecule has 0 aliphatic rings. The summed E-state index contributed by atoms with van der Waals surface area (Å²) in [5, 5.41) is 5.57. The Labute approximate surface area is 173 Å². The Morgan fingerprint density at radius 2 is 1.76 bits per heavy atom. The molecule has 0 aliphatic heterocycles. The highest BCUT2D eigenvalue weighted by atomic mass is 32.1. The molecule has 0 atom stereocenters. The zero-order chi connectivity index (χ0) is 20.8. The zero-order valence-corrected chi connectivity index (χ0v) is 17.3. The number of hydrogen-bond donors (Lipinski definition) is 2. The van der Waals surface area contributed by atoms with Crippen molar-refractivity contribution >= 4 is 34.5 Å². The molecule has 1 heterocycles. The van der Waals surface area contributed by atoms with Crippen LogP contribution in [0.5, 0.6) is 11.5 Å². The van der Waals surface area contributed by atoms with Crippen molar-refractivity contribution in [3.05, 3.63) is 59.5 Å². The van der Waals surface area contributed by atoms with Crippen LogP contribution in [0.25, 0.3) is 10.4 Å². The Balaban J connectivity index is 1.86. The lowest BCUT2D eigenvalue weighted by atomic mass is 10.2. The highest BCUT2D eigenvalue weighted by molar-refractivity contribution is 7.17. The molecule has 1 aromatic heterocycles. The molecule has 6 nitrogen and oxygen atoms in total. The van der Waals surface area contributed by atoms with Crippen LogP contribution in [0.1, 0.15) is 23.5 Å². The van der Waals surface area contributed by atoms with Gasteiger partial charge in [-0.2, -0.15) is 0 Å². The predicted octanol–water partition coefficient (Wildman–Crippen LogP) is 5.03. The first-order chi connectivity index (χ1) is 14.0. The third-order valence-corrected chi connectivity index (χ3v) is 5.20. The molecule has 2 aromatic carbocycles. The number of ether oxygens (including phenoxy) is 2. The Hall–Kier alpha value is -3.32. The topological polar surface area (TPSA) is 76.7 Å². The molecule has 0 aliphatic carbocycles. The van der Waals surface area contributed by atoms with Gasteiger partial charge in [-0.3, -0.25) is 9.59 Å². The van der Waals surface area contributed by atoms with Gasteiger partial charge < -0.3 is 20.1 Å². The summed E-state index contributed by atoms with van der Waals surface area (Å²) in [6, 6.07) is 16.8. The average molecular weight is 410 g/mol. The number of amides is 2. The van der Waals surface area contributed by atoms with E-state index in [1.807, 2.05) is 43.3 Å². The van der Waals surface area contributed by atoms with Crippen LogP contribution in [-0.4, -0.2) is 25.5 Å². The Kier molecular flexibility index (Phi) is 6.51. The van der Waals surface area contributed by atoms with Crippen molar-refractivity contribution in [3.63, 3.8) is 0 Å². The molecule has 3 aromatic rings. The molecule has 0 unspecified atom stereocenters. The molecule has 0 spiro atoms. The number of carbonyl (C=O) groups is 2. The lowest BCUT2D eigenvalue weighted by Crippen LogP contribution is -2.12. The van der Waals surface area contributed by atoms with Crippen LogP contribution >= 0.6 is 11.3 Å². The lowest BCUT2D eigenvalue weighted by molar-refractivity contribution is -0.114. The second kappa shape index (κ2) is 9.25. The summed E-state index contributed by atoms with van der Waals surface area (Å²) in [5.74, 6) is 0.540. The van der Waals surface area contributed by atoms with Crippen molar-refractivity contribution in [1.29, 1.82) is 0 Å². The summed E-state index contributed by atoms with van der Waals surface area (Å²) in [5.41, 5.74) is 2.12. The minimum Gasteiger partial charge on any atom is -0.494 e. The summed E-state index contributed by atoms with van der Waals surface area (Å²) in [4.78, 5) is 25.7. The van der Waals surface area contributed by atoms with Gasteiger partial charge >= 0.3 is 0 Å². The van der Waals surface area contributed by atoms with Crippen LogP contribution in [0.2, 0.25) is 0 Å². The van der Waals surface area contributed by atoms with Gasteiger partial charge in [-0.05, 0) is 30.7 Å². The van der Waals surface area contributed by atoms with E-state index >= 15 is 0 Å². The van der Waals surface area contributed by atoms with Crippen LogP contribution in [0.3, 0.4) is 0 Å². The van der Waals surface area contributed by atoms with Crippen molar-refractivity contribution in [2.75, 3.05) is 24.4 Å². The van der Waals surface area contributed by atoms with E-state index in [-0.39, 0.29) is 11.8 Å². The van der Waals surface area contributed by atoms with Gasteiger partial charge in [0.1, 0.15) is 16.4 Å². The van der Waals surface area contributed by atoms with E-state index in [0.29, 0.717) is 34.4 Å². The maximum atomic E-state index is 12.9. The molecule has 2 N–H and O–H groups in total. The van der Waals surface area contributed by atoms with Gasteiger partial charge in [0.25, 0.3) is 5.91 Å². The van der Waals surface area contributed by atoms with Gasteiger partial charge in [0, 0.05) is 23.6 Å². The second-order valence-corrected chi connectivity index (χ2v) is 7.21. The maximum Gasteiger partial charge on any atom is 0.269 e. The number of nitrogens with one attached hydrogen (secondary N) is 2. The number of benzene rings is 2. The van der Waals surface area contributed by atoms with E-state index < -0.39 is 0 Å². The number of thiophene rings is 1. The number of rotatable bonds is 7. The largest absolute Gasteiger partial charge is 0.494 e. The van der Waals surface area contributed by atoms with Crippen molar-refractivity contribution in [3.8, 4) is 21.9 Å². The van der Waals surface area contributed by atoms with E-state index in [1.165, 1.54) is 25.4 Å². The molecule has 7 heteroatoms. The van der Waals surface area contributed by atoms with Crippen LogP contribution in [-0.2, 0) is 4.79 Å². The third kappa shape index (κ3) is 4.94. The Morgan fingerprint density at radius 3 is 2.41 bits per heavy atom. The van der Waals surface area contributed by atoms with Gasteiger partial charge in [0.2, 0.25) is 5.91 Å². The molecule has 0 bridgehead atoms. The van der Waals surface area contributed by atoms with Crippen molar-refractivity contribution < 1.29 is 19.1 Å². The van der Waals surface area contributed by atoms with Crippen LogP contribution < -0.4 is 20.1 Å². The van der Waals surface area contributed by atoms with Gasteiger partial charge in [0.05, 0.1) is 19.4 Å². The van der Waals surface area contributed by atoms with Crippen LogP contribution in [0.4, 0.5) is 11.4 Å². The number of methoxy groups -OCH3 is 1. The minimum atomic E-state index is -0.269. The fourth-order valence-electron chi connectivity index (χ4n) is 2.79. The quantitative estimate of drug-likeness (QED) is 0.573. The molecule has 0 fully saturated rings. The zero-order valence-electron chi connectivity index (χ0n) is 16.4. The monoisotopic (exact) mass is 410 g/mol. The van der Waals surface area contributed by atoms with E-state index in [2.05, 4.69) is 10.6 Å². The first-order valence-corrected chi connectivity index (χ1v) is 9.92. The van der Waals surface area contributed by atoms with Crippen molar-refractivity contribution in [2.45, 2.75) is 13.8 Å². The first kappa shape index (κ1) is 20.4. The molecule has 29 heavy (non-hydrogen) atoms. The SMILES string of the molecule is CCOc1cc(-c2ccccc2)sc1C(=O)Nc1ccc(NC(C)=O)c(OC)c1. The summed E-state index contributed by atoms with van der Waals surface area (Å²) in [7, 11) is 1.50. The molecule has 0 radical (unpaired) electrons. The first-order valence-electron chi connectivity index (χ1n) is 9.10. The van der Waals surface area contributed by atoms with E-state index in [4.69, 9.17) is 9.47 Å². The molecular weight excluding hydrogens is 388 g/mol. The summed E-state index contributed by atoms with van der Waals surface area (Å²) in [6.45, 7) is 3.77. The number of carbonyl (C=O) groups excluding carboxylic acids is 2. The standard InChI is InChI=1S/C22H22N2O4S/c1-4-28-19-13-20(15-8-6-5-7-9-15)29-21(19)22(26)24-16-10-11-17(23-14(2)25)18(12-16)27-3/h5-13H,4H2,1-3H3,(H,23,25)(H,24,26). The lowest BCUT2D eigenvalue weighted by Gasteiger charge is -2.12. The van der Waals surface area contributed by atoms with Crippen molar-refractivity contribution in [2.24, 2.45) is 0 Å². The van der Waals surface area contributed by atoms with Crippen molar-refractivity contribution in [1.82, 2.24) is 0 Å². The van der Waals surface area contributed by atoms with Crippen LogP contribution in [0.15, 0.2) is 54.6 Å². The smallest absolute Gasteiger partial charge is 0.269 e. The summed E-state index contributed by atoms with van der Waals surface area (Å²) >= 11 is 1.38.